The Kier molecular flexibility index (Phi) is 6.33. The molecular weight excluding hydrogens is 313 g/mol. The van der Waals surface area contributed by atoms with Gasteiger partial charge in [-0.1, -0.05) is 62.2 Å². The second kappa shape index (κ2) is 8.01. The largest absolute Gasteiger partial charge is 0.382 e. The van der Waals surface area contributed by atoms with E-state index in [-0.39, 0.29) is 0 Å². The molecule has 0 spiro atoms. The fourth-order valence-electron chi connectivity index (χ4n) is 2.16. The summed E-state index contributed by atoms with van der Waals surface area (Å²) in [6, 6.07) is 1.73. The van der Waals surface area contributed by atoms with Gasteiger partial charge in [-0.2, -0.15) is 8.75 Å². The van der Waals surface area contributed by atoms with Crippen LogP contribution in [-0.4, -0.2) is 15.3 Å². The van der Waals surface area contributed by atoms with E-state index in [1.807, 2.05) is 0 Å². The summed E-state index contributed by atoms with van der Waals surface area (Å²) < 4.78 is 8.48. The van der Waals surface area contributed by atoms with E-state index in [2.05, 4.69) is 21.0 Å². The van der Waals surface area contributed by atoms with Crippen LogP contribution in [0.3, 0.4) is 0 Å². The van der Waals surface area contributed by atoms with E-state index < -0.39 is 0 Å². The lowest BCUT2D eigenvalue weighted by Gasteiger charge is -2.09. The van der Waals surface area contributed by atoms with Crippen LogP contribution in [0, 0.1) is 0 Å². The van der Waals surface area contributed by atoms with E-state index in [0.717, 1.165) is 41.4 Å². The third-order valence-corrected chi connectivity index (χ3v) is 4.39. The summed E-state index contributed by atoms with van der Waals surface area (Å²) in [6.45, 7) is 3.14. The molecule has 0 radical (unpaired) electrons. The van der Waals surface area contributed by atoms with Gasteiger partial charge >= 0.3 is 0 Å². The average Bonchev–Trinajstić information content (AvgIpc) is 2.90. The summed E-state index contributed by atoms with van der Waals surface area (Å²) in [7, 11) is 0. The lowest BCUT2D eigenvalue weighted by Crippen LogP contribution is -2.03. The number of unbranched alkanes of at least 4 members (excludes halogenated alkanes) is 5. The third-order valence-electron chi connectivity index (χ3n) is 3.28. The van der Waals surface area contributed by atoms with Crippen LogP contribution in [-0.2, 0) is 0 Å². The summed E-state index contributed by atoms with van der Waals surface area (Å²) in [4.78, 5) is 0. The van der Waals surface area contributed by atoms with Crippen LogP contribution in [0.1, 0.15) is 45.4 Å². The van der Waals surface area contributed by atoms with Crippen molar-refractivity contribution in [1.82, 2.24) is 8.75 Å². The molecule has 3 nitrogen and oxygen atoms in total. The van der Waals surface area contributed by atoms with Crippen molar-refractivity contribution in [1.29, 1.82) is 0 Å². The van der Waals surface area contributed by atoms with Gasteiger partial charge in [0.2, 0.25) is 0 Å². The molecule has 0 amide bonds. The molecule has 0 fully saturated rings. The Morgan fingerprint density at radius 3 is 2.50 bits per heavy atom. The van der Waals surface area contributed by atoms with Gasteiger partial charge in [0.1, 0.15) is 11.0 Å². The van der Waals surface area contributed by atoms with Gasteiger partial charge in [-0.15, -0.1) is 0 Å². The standard InChI is InChI=1S/C14H19Cl2N3S/c1-2-3-4-5-6-7-8-17-12-10(15)9-11(16)13-14(12)19-20-18-13/h9,17H,2-8H2,1H3. The molecule has 2 rings (SSSR count). The Bertz CT molecular complexity index is 557. The summed E-state index contributed by atoms with van der Waals surface area (Å²) >= 11 is 13.5. The molecule has 0 saturated heterocycles. The zero-order valence-corrected chi connectivity index (χ0v) is 13.9. The van der Waals surface area contributed by atoms with E-state index in [1.54, 1.807) is 6.07 Å². The molecule has 1 aromatic heterocycles. The zero-order valence-electron chi connectivity index (χ0n) is 11.6. The number of anilines is 1. The van der Waals surface area contributed by atoms with E-state index in [4.69, 9.17) is 23.2 Å². The zero-order chi connectivity index (χ0) is 14.4. The van der Waals surface area contributed by atoms with Crippen molar-refractivity contribution in [2.45, 2.75) is 45.4 Å². The number of rotatable bonds is 8. The molecular formula is C14H19Cl2N3S. The first-order valence-corrected chi connectivity index (χ1v) is 8.56. The number of fused-ring (bicyclic) bond motifs is 1. The highest BCUT2D eigenvalue weighted by molar-refractivity contribution is 7.00. The van der Waals surface area contributed by atoms with Crippen molar-refractivity contribution in [2.75, 3.05) is 11.9 Å². The first-order valence-electron chi connectivity index (χ1n) is 7.08. The Hall–Kier alpha value is -0.580. The number of aromatic nitrogens is 2. The van der Waals surface area contributed by atoms with Crippen molar-refractivity contribution in [2.24, 2.45) is 0 Å². The molecule has 0 unspecified atom stereocenters. The Balaban J connectivity index is 1.88. The van der Waals surface area contributed by atoms with Crippen LogP contribution in [0.2, 0.25) is 10.0 Å². The minimum atomic E-state index is 0.559. The van der Waals surface area contributed by atoms with Crippen LogP contribution in [0.4, 0.5) is 5.69 Å². The van der Waals surface area contributed by atoms with Crippen LogP contribution < -0.4 is 5.32 Å². The van der Waals surface area contributed by atoms with E-state index in [1.165, 1.54) is 32.1 Å². The number of halogens is 2. The summed E-state index contributed by atoms with van der Waals surface area (Å²) in [5.41, 5.74) is 2.36. The number of nitrogens with zero attached hydrogens (tertiary/aromatic N) is 2. The maximum atomic E-state index is 6.24. The number of hydrogen-bond acceptors (Lipinski definition) is 4. The van der Waals surface area contributed by atoms with Gasteiger partial charge in [-0.05, 0) is 12.5 Å². The second-order valence-corrected chi connectivity index (χ2v) is 6.21. The minimum absolute atomic E-state index is 0.559. The van der Waals surface area contributed by atoms with Crippen LogP contribution in [0.25, 0.3) is 11.0 Å². The topological polar surface area (TPSA) is 37.8 Å². The highest BCUT2D eigenvalue weighted by Gasteiger charge is 2.13. The van der Waals surface area contributed by atoms with Gasteiger partial charge in [0.15, 0.2) is 0 Å². The molecule has 1 N–H and O–H groups in total. The SMILES string of the molecule is CCCCCCCCNc1c(Cl)cc(Cl)c2nsnc12. The highest BCUT2D eigenvalue weighted by atomic mass is 35.5. The van der Waals surface area contributed by atoms with Crippen molar-refractivity contribution < 1.29 is 0 Å². The van der Waals surface area contributed by atoms with Crippen molar-refractivity contribution in [3.05, 3.63) is 16.1 Å². The van der Waals surface area contributed by atoms with Crippen molar-refractivity contribution in [3.63, 3.8) is 0 Å². The van der Waals surface area contributed by atoms with Gasteiger partial charge < -0.3 is 5.32 Å². The van der Waals surface area contributed by atoms with E-state index in [9.17, 15) is 0 Å². The summed E-state index contributed by atoms with van der Waals surface area (Å²) in [5.74, 6) is 0. The molecule has 0 aliphatic carbocycles. The maximum Gasteiger partial charge on any atom is 0.130 e. The van der Waals surface area contributed by atoms with Crippen molar-refractivity contribution >= 4 is 51.7 Å². The highest BCUT2D eigenvalue weighted by Crippen LogP contribution is 2.35. The molecule has 0 saturated carbocycles. The van der Waals surface area contributed by atoms with Crippen LogP contribution in [0.5, 0.6) is 0 Å². The predicted molar refractivity (Wildman–Crippen MR) is 89.3 cm³/mol. The van der Waals surface area contributed by atoms with Crippen molar-refractivity contribution in [3.8, 4) is 0 Å². The average molecular weight is 332 g/mol. The van der Waals surface area contributed by atoms with Gasteiger partial charge in [0.25, 0.3) is 0 Å². The normalized spacial score (nSPS) is 11.2. The monoisotopic (exact) mass is 331 g/mol. The number of hydrogen-bond donors (Lipinski definition) is 1. The quantitative estimate of drug-likeness (QED) is 0.624. The first kappa shape index (κ1) is 15.8. The lowest BCUT2D eigenvalue weighted by atomic mass is 10.1. The molecule has 20 heavy (non-hydrogen) atoms. The molecule has 6 heteroatoms. The number of nitrogens with one attached hydrogen (secondary N) is 1. The van der Waals surface area contributed by atoms with Gasteiger partial charge in [0, 0.05) is 6.54 Å². The summed E-state index contributed by atoms with van der Waals surface area (Å²) in [5, 5.41) is 4.55. The lowest BCUT2D eigenvalue weighted by molar-refractivity contribution is 0.617. The van der Waals surface area contributed by atoms with E-state index in [0.29, 0.717) is 10.0 Å². The van der Waals surface area contributed by atoms with Crippen LogP contribution in [0.15, 0.2) is 6.07 Å². The fraction of sp³-hybridized carbons (Fsp3) is 0.571. The van der Waals surface area contributed by atoms with E-state index >= 15 is 0 Å². The van der Waals surface area contributed by atoms with Gasteiger partial charge in [0.05, 0.1) is 27.5 Å². The Morgan fingerprint density at radius 1 is 1.00 bits per heavy atom. The molecule has 110 valence electrons. The van der Waals surface area contributed by atoms with Crippen LogP contribution >= 0.6 is 34.9 Å². The summed E-state index contributed by atoms with van der Waals surface area (Å²) in [6.07, 6.45) is 7.64. The minimum Gasteiger partial charge on any atom is -0.382 e. The molecule has 0 aliphatic heterocycles. The van der Waals surface area contributed by atoms with Gasteiger partial charge in [-0.25, -0.2) is 0 Å². The smallest absolute Gasteiger partial charge is 0.130 e. The van der Waals surface area contributed by atoms with Gasteiger partial charge in [-0.3, -0.25) is 0 Å². The first-order chi connectivity index (χ1) is 9.74. The molecule has 0 bridgehead atoms. The number of benzene rings is 1. The molecule has 2 aromatic rings. The maximum absolute atomic E-state index is 6.24. The molecule has 0 aliphatic rings. The fourth-order valence-corrected chi connectivity index (χ4v) is 3.34. The molecule has 1 heterocycles. The molecule has 0 atom stereocenters. The molecule has 1 aromatic carbocycles. The third kappa shape index (κ3) is 3.96. The predicted octanol–water partition coefficient (Wildman–Crippen LogP) is 5.77. The second-order valence-electron chi connectivity index (χ2n) is 4.87. The Labute approximate surface area is 134 Å². The Morgan fingerprint density at radius 2 is 1.70 bits per heavy atom.